The molecule has 2 fully saturated rings. The van der Waals surface area contributed by atoms with Gasteiger partial charge in [0.1, 0.15) is 0 Å². The van der Waals surface area contributed by atoms with Gasteiger partial charge in [0.25, 0.3) is 0 Å². The van der Waals surface area contributed by atoms with E-state index in [0.29, 0.717) is 11.6 Å². The fourth-order valence-corrected chi connectivity index (χ4v) is 13.4. The largest absolute Gasteiger partial charge is 0.388 e. The molecule has 0 spiro atoms. The van der Waals surface area contributed by atoms with Crippen molar-refractivity contribution in [1.82, 2.24) is 0 Å². The van der Waals surface area contributed by atoms with E-state index in [1.165, 1.54) is 65.0 Å². The molecule has 1 nitrogen and oxygen atoms in total. The third kappa shape index (κ3) is 9.16. The third-order valence-electron chi connectivity index (χ3n) is 9.89. The fraction of sp³-hybridized carbons (Fsp3) is 0.295. The molecule has 5 aromatic rings. The molecule has 7 rings (SSSR count). The molecule has 2 aliphatic rings. The summed E-state index contributed by atoms with van der Waals surface area (Å²) in [6, 6.07) is 52.6. The van der Waals surface area contributed by atoms with Gasteiger partial charge < -0.3 is 12.5 Å². The molecule has 0 aliphatic heterocycles. The second-order valence-electron chi connectivity index (χ2n) is 12.7. The molecule has 0 bridgehead atoms. The van der Waals surface area contributed by atoms with Crippen LogP contribution in [-0.2, 0) is 17.1 Å². The Morgan fingerprint density at radius 1 is 0.562 bits per heavy atom. The monoisotopic (exact) mass is 713 g/mol. The van der Waals surface area contributed by atoms with Crippen molar-refractivity contribution in [3.8, 4) is 0 Å². The minimum atomic E-state index is -0.804. The Balaban J connectivity index is 0.000000682. The summed E-state index contributed by atoms with van der Waals surface area (Å²) in [7, 11) is -1.42. The van der Waals surface area contributed by atoms with Crippen LogP contribution >= 0.6 is 15.8 Å². The van der Waals surface area contributed by atoms with Gasteiger partial charge in [-0.15, -0.1) is 0 Å². The molecular weight excluding hydrogens is 662 g/mol. The molecular formula is C44H51FeOP2-. The number of rotatable bonds is 9. The average molecular weight is 714 g/mol. The molecule has 0 radical (unpaired) electrons. The molecule has 252 valence electrons. The minimum Gasteiger partial charge on any atom is -0.388 e. The van der Waals surface area contributed by atoms with E-state index in [-0.39, 0.29) is 30.4 Å². The van der Waals surface area contributed by atoms with Gasteiger partial charge in [-0.05, 0) is 78.3 Å². The Morgan fingerprint density at radius 2 is 0.958 bits per heavy atom. The first-order valence-electron chi connectivity index (χ1n) is 17.3. The Morgan fingerprint density at radius 3 is 1.40 bits per heavy atom. The zero-order chi connectivity index (χ0) is 31.6. The van der Waals surface area contributed by atoms with Crippen LogP contribution in [0.15, 0.2) is 146 Å². The van der Waals surface area contributed by atoms with E-state index >= 15 is 0 Å². The van der Waals surface area contributed by atoms with E-state index in [4.69, 9.17) is 0 Å². The summed E-state index contributed by atoms with van der Waals surface area (Å²) in [5.74, 6) is 0.705. The van der Waals surface area contributed by atoms with Crippen LogP contribution in [0.2, 0.25) is 0 Å². The zero-order valence-corrected chi connectivity index (χ0v) is 31.4. The van der Waals surface area contributed by atoms with Crippen LogP contribution in [0, 0.1) is 19.3 Å². The first kappa shape index (κ1) is 38.2. The molecule has 0 aromatic heterocycles. The summed E-state index contributed by atoms with van der Waals surface area (Å²) < 4.78 is 0. The molecule has 0 heterocycles. The SMILES string of the molecule is C1CCCC1.CCC1CCC(P(c2ccccc2)c2ccccc2)C1C(O)c1ccccc1P(c1ccccc1)c1ccccc1.[CH3-].[Fe]. The van der Waals surface area contributed by atoms with Gasteiger partial charge in [0.05, 0.1) is 6.10 Å². The average Bonchev–Trinajstić information content (AvgIpc) is 3.85. The van der Waals surface area contributed by atoms with Gasteiger partial charge in [0.2, 0.25) is 0 Å². The summed E-state index contributed by atoms with van der Waals surface area (Å²) >= 11 is 0. The molecule has 0 saturated heterocycles. The van der Waals surface area contributed by atoms with Gasteiger partial charge in [-0.1, -0.05) is 191 Å². The van der Waals surface area contributed by atoms with E-state index in [1.54, 1.807) is 0 Å². The van der Waals surface area contributed by atoms with Crippen LogP contribution in [0.1, 0.15) is 70.0 Å². The first-order chi connectivity index (χ1) is 22.8. The molecule has 1 N–H and O–H groups in total. The van der Waals surface area contributed by atoms with Gasteiger partial charge in [0, 0.05) is 17.1 Å². The molecule has 4 atom stereocenters. The first-order valence-corrected chi connectivity index (χ1v) is 20.1. The Kier molecular flexibility index (Phi) is 15.6. The van der Waals surface area contributed by atoms with Crippen LogP contribution in [0.3, 0.4) is 0 Å². The van der Waals surface area contributed by atoms with Crippen LogP contribution in [-0.4, -0.2) is 10.8 Å². The fourth-order valence-electron chi connectivity index (χ4n) is 7.65. The van der Waals surface area contributed by atoms with Crippen molar-refractivity contribution < 1.29 is 22.2 Å². The molecule has 2 aliphatic carbocycles. The maximum atomic E-state index is 12.6. The molecule has 4 heteroatoms. The number of hydrogen-bond acceptors (Lipinski definition) is 1. The van der Waals surface area contributed by atoms with Gasteiger partial charge in [-0.3, -0.25) is 0 Å². The molecule has 2 saturated carbocycles. The van der Waals surface area contributed by atoms with Crippen molar-refractivity contribution >= 4 is 42.4 Å². The zero-order valence-electron chi connectivity index (χ0n) is 28.5. The maximum Gasteiger partial charge on any atom is 0.0833 e. The summed E-state index contributed by atoms with van der Waals surface area (Å²) in [6.07, 6.45) is 10.4. The summed E-state index contributed by atoms with van der Waals surface area (Å²) in [5, 5.41) is 19.3. The second kappa shape index (κ2) is 19.6. The van der Waals surface area contributed by atoms with E-state index in [2.05, 4.69) is 153 Å². The van der Waals surface area contributed by atoms with E-state index in [1.807, 2.05) is 0 Å². The van der Waals surface area contributed by atoms with Crippen LogP contribution in [0.4, 0.5) is 0 Å². The Labute approximate surface area is 303 Å². The topological polar surface area (TPSA) is 20.2 Å². The quantitative estimate of drug-likeness (QED) is 0.0917. The van der Waals surface area contributed by atoms with Crippen molar-refractivity contribution in [2.24, 2.45) is 11.8 Å². The Hall–Kier alpha value is -2.56. The van der Waals surface area contributed by atoms with Gasteiger partial charge in [-0.2, -0.15) is 0 Å². The standard InChI is InChI=1S/C38H38OP2.C5H10.CH3.Fe/c1-2-29-27-28-36(41(32-21-11-5-12-22-32)33-23-13-6-14-24-33)37(29)38(39)34-25-15-16-26-35(34)40(30-17-7-3-8-18-30)31-19-9-4-10-20-31;1-2-4-5-3-1;;/h3-26,29,36-39H,2,27-28H2,1H3;1-5H2;1H3;/q;;-1;. The number of aliphatic hydroxyl groups excluding tert-OH is 1. The van der Waals surface area contributed by atoms with Crippen LogP contribution in [0.25, 0.3) is 0 Å². The van der Waals surface area contributed by atoms with Gasteiger partial charge >= 0.3 is 0 Å². The maximum absolute atomic E-state index is 12.6. The van der Waals surface area contributed by atoms with Crippen molar-refractivity contribution in [2.45, 2.75) is 70.1 Å². The summed E-state index contributed by atoms with van der Waals surface area (Å²) in [5.41, 5.74) is 1.53. The van der Waals surface area contributed by atoms with Gasteiger partial charge in [0.15, 0.2) is 0 Å². The second-order valence-corrected chi connectivity index (χ2v) is 17.3. The molecule has 48 heavy (non-hydrogen) atoms. The van der Waals surface area contributed by atoms with Gasteiger partial charge in [-0.25, -0.2) is 0 Å². The number of benzene rings is 5. The predicted molar refractivity (Wildman–Crippen MR) is 209 cm³/mol. The van der Waals surface area contributed by atoms with E-state index in [9.17, 15) is 5.11 Å². The molecule has 4 unspecified atom stereocenters. The number of aliphatic hydroxyl groups is 1. The molecule has 0 amide bonds. The third-order valence-corrected chi connectivity index (χ3v) is 15.4. The summed E-state index contributed by atoms with van der Waals surface area (Å²) in [6.45, 7) is 2.31. The smallest absolute Gasteiger partial charge is 0.0833 e. The normalized spacial score (nSPS) is 19.1. The predicted octanol–water partition coefficient (Wildman–Crippen LogP) is 9.81. The van der Waals surface area contributed by atoms with Crippen molar-refractivity contribution in [3.63, 3.8) is 0 Å². The minimum absolute atomic E-state index is 0. The molecule has 5 aromatic carbocycles. The van der Waals surface area contributed by atoms with Crippen LogP contribution < -0.4 is 26.5 Å². The summed E-state index contributed by atoms with van der Waals surface area (Å²) in [4.78, 5) is 0. The van der Waals surface area contributed by atoms with Crippen molar-refractivity contribution in [3.05, 3.63) is 159 Å². The Bertz CT molecular complexity index is 1510. The van der Waals surface area contributed by atoms with Crippen molar-refractivity contribution in [2.75, 3.05) is 0 Å². The van der Waals surface area contributed by atoms with E-state index < -0.39 is 21.9 Å². The van der Waals surface area contributed by atoms with Crippen molar-refractivity contribution in [1.29, 1.82) is 0 Å². The van der Waals surface area contributed by atoms with Crippen LogP contribution in [0.5, 0.6) is 0 Å². The number of hydrogen-bond donors (Lipinski definition) is 1. The van der Waals surface area contributed by atoms with E-state index in [0.717, 1.165) is 18.4 Å².